The van der Waals surface area contributed by atoms with Crippen LogP contribution < -0.4 is 5.32 Å². The molecule has 0 bridgehead atoms. The molecule has 1 fully saturated rings. The molecule has 0 spiro atoms. The Bertz CT molecular complexity index is 716. The Kier molecular flexibility index (Phi) is 4.17. The first-order chi connectivity index (χ1) is 12.2. The van der Waals surface area contributed by atoms with Crippen molar-refractivity contribution in [1.82, 2.24) is 20.0 Å². The molecule has 1 saturated heterocycles. The Morgan fingerprint density at radius 3 is 2.96 bits per heavy atom. The van der Waals surface area contributed by atoms with Crippen LogP contribution in [0.15, 0.2) is 44.7 Å². The predicted octanol–water partition coefficient (Wildman–Crippen LogP) is 1.09. The van der Waals surface area contributed by atoms with Gasteiger partial charge < -0.3 is 24.4 Å². The molecule has 2 amide bonds. The Hall–Kier alpha value is -2.77. The van der Waals surface area contributed by atoms with Gasteiger partial charge >= 0.3 is 6.03 Å². The maximum atomic E-state index is 12.2. The third-order valence-corrected chi connectivity index (χ3v) is 4.58. The van der Waals surface area contributed by atoms with E-state index < -0.39 is 0 Å². The number of carbonyl (C=O) groups excluding carboxylic acids is 1. The molecule has 1 atom stereocenters. The van der Waals surface area contributed by atoms with Crippen molar-refractivity contribution in [2.75, 3.05) is 32.7 Å². The van der Waals surface area contributed by atoms with Gasteiger partial charge in [-0.25, -0.2) is 9.79 Å². The molecule has 3 aliphatic heterocycles. The number of aliphatic imine (C=N–C) groups is 2. The number of piperazine rings is 1. The number of fused-ring (bicyclic) bond motifs is 1. The van der Waals surface area contributed by atoms with Crippen LogP contribution in [-0.4, -0.2) is 71.7 Å². The van der Waals surface area contributed by atoms with Crippen LogP contribution in [0.1, 0.15) is 12.7 Å². The van der Waals surface area contributed by atoms with E-state index in [1.165, 1.54) is 0 Å². The predicted molar refractivity (Wildman–Crippen MR) is 94.3 cm³/mol. The second kappa shape index (κ2) is 6.62. The molecule has 0 saturated carbocycles. The molecule has 1 N–H and O–H groups in total. The number of nitrogens with zero attached hydrogens (tertiary/aromatic N) is 5. The Morgan fingerprint density at radius 2 is 2.20 bits per heavy atom. The summed E-state index contributed by atoms with van der Waals surface area (Å²) >= 11 is 0. The summed E-state index contributed by atoms with van der Waals surface area (Å²) in [5.74, 6) is 2.67. The van der Waals surface area contributed by atoms with Crippen LogP contribution in [0.3, 0.4) is 0 Å². The van der Waals surface area contributed by atoms with Gasteiger partial charge in [-0.3, -0.25) is 4.99 Å². The first-order valence-corrected chi connectivity index (χ1v) is 8.59. The lowest BCUT2D eigenvalue weighted by Crippen LogP contribution is -2.51. The Labute approximate surface area is 146 Å². The molecule has 0 aliphatic carbocycles. The Morgan fingerprint density at radius 1 is 1.36 bits per heavy atom. The number of hydrogen-bond donors (Lipinski definition) is 1. The van der Waals surface area contributed by atoms with Crippen molar-refractivity contribution in [2.24, 2.45) is 9.98 Å². The molecule has 1 aromatic rings. The maximum Gasteiger partial charge on any atom is 0.317 e. The third kappa shape index (κ3) is 3.38. The normalized spacial score (nSPS) is 22.6. The van der Waals surface area contributed by atoms with Crippen molar-refractivity contribution < 1.29 is 9.21 Å². The summed E-state index contributed by atoms with van der Waals surface area (Å²) in [5, 5.41) is 2.89. The molecular weight excluding hydrogens is 320 g/mol. The average molecular weight is 342 g/mol. The standard InChI is InChI=1S/C17H22N6O2/c1-13-11-23-12-19-15(9-16(23)20-13)21-4-6-22(7-5-21)17(24)18-10-14-3-2-8-25-14/h2-3,8-9,12-13H,4-7,10-11H2,1H3,(H,18,24)/t13-/m1/s1. The molecule has 0 radical (unpaired) electrons. The largest absolute Gasteiger partial charge is 0.467 e. The Balaban J connectivity index is 1.30. The minimum Gasteiger partial charge on any atom is -0.467 e. The SMILES string of the molecule is C[C@@H]1CN2C=NC(N3CCN(C(=O)NCc4ccco4)CC3)=CC2=N1. The van der Waals surface area contributed by atoms with Gasteiger partial charge in [0.2, 0.25) is 0 Å². The summed E-state index contributed by atoms with van der Waals surface area (Å²) in [6.07, 6.45) is 5.51. The van der Waals surface area contributed by atoms with Gasteiger partial charge in [-0.15, -0.1) is 0 Å². The molecule has 3 aliphatic rings. The highest BCUT2D eigenvalue weighted by Crippen LogP contribution is 2.18. The van der Waals surface area contributed by atoms with Crippen LogP contribution in [0, 0.1) is 0 Å². The van der Waals surface area contributed by atoms with E-state index in [0.717, 1.165) is 37.1 Å². The van der Waals surface area contributed by atoms with E-state index in [2.05, 4.69) is 32.0 Å². The zero-order valence-electron chi connectivity index (χ0n) is 14.3. The van der Waals surface area contributed by atoms with Crippen molar-refractivity contribution in [3.05, 3.63) is 36.1 Å². The zero-order chi connectivity index (χ0) is 17.2. The van der Waals surface area contributed by atoms with Gasteiger partial charge in [0, 0.05) is 38.8 Å². The number of hydrogen-bond acceptors (Lipinski definition) is 6. The van der Waals surface area contributed by atoms with E-state index >= 15 is 0 Å². The molecule has 25 heavy (non-hydrogen) atoms. The summed E-state index contributed by atoms with van der Waals surface area (Å²) < 4.78 is 5.23. The van der Waals surface area contributed by atoms with Gasteiger partial charge in [0.15, 0.2) is 0 Å². The molecule has 4 heterocycles. The topological polar surface area (TPSA) is 76.7 Å². The smallest absolute Gasteiger partial charge is 0.317 e. The van der Waals surface area contributed by atoms with Crippen LogP contribution in [0.25, 0.3) is 0 Å². The molecule has 8 nitrogen and oxygen atoms in total. The van der Waals surface area contributed by atoms with Crippen LogP contribution in [0.4, 0.5) is 4.79 Å². The summed E-state index contributed by atoms with van der Waals surface area (Å²) in [6, 6.07) is 3.92. The minimum absolute atomic E-state index is 0.0580. The highest BCUT2D eigenvalue weighted by Gasteiger charge is 2.27. The fraction of sp³-hybridized carbons (Fsp3) is 0.471. The van der Waals surface area contributed by atoms with Crippen molar-refractivity contribution in [3.8, 4) is 0 Å². The molecule has 0 aromatic carbocycles. The third-order valence-electron chi connectivity index (χ3n) is 4.58. The minimum atomic E-state index is -0.0580. The van der Waals surface area contributed by atoms with Crippen molar-refractivity contribution in [3.63, 3.8) is 0 Å². The number of nitrogens with one attached hydrogen (secondary N) is 1. The monoisotopic (exact) mass is 342 g/mol. The molecule has 0 unspecified atom stereocenters. The van der Waals surface area contributed by atoms with Crippen molar-refractivity contribution in [1.29, 1.82) is 0 Å². The first-order valence-electron chi connectivity index (χ1n) is 8.59. The van der Waals surface area contributed by atoms with E-state index in [1.54, 1.807) is 6.26 Å². The van der Waals surface area contributed by atoms with E-state index in [1.807, 2.05) is 29.4 Å². The van der Waals surface area contributed by atoms with Crippen molar-refractivity contribution in [2.45, 2.75) is 19.5 Å². The highest BCUT2D eigenvalue weighted by molar-refractivity contribution is 6.03. The van der Waals surface area contributed by atoms with Crippen LogP contribution >= 0.6 is 0 Å². The lowest BCUT2D eigenvalue weighted by atomic mass is 10.3. The summed E-state index contributed by atoms with van der Waals surface area (Å²) in [7, 11) is 0. The van der Waals surface area contributed by atoms with E-state index in [0.29, 0.717) is 25.7 Å². The number of rotatable bonds is 3. The molecular formula is C17H22N6O2. The number of amidine groups is 1. The fourth-order valence-corrected chi connectivity index (χ4v) is 3.23. The van der Waals surface area contributed by atoms with Gasteiger partial charge in [0.05, 0.1) is 25.2 Å². The lowest BCUT2D eigenvalue weighted by molar-refractivity contribution is 0.155. The van der Waals surface area contributed by atoms with E-state index in [4.69, 9.17) is 4.42 Å². The zero-order valence-corrected chi connectivity index (χ0v) is 14.3. The number of carbonyl (C=O) groups is 1. The fourth-order valence-electron chi connectivity index (χ4n) is 3.23. The van der Waals surface area contributed by atoms with Crippen molar-refractivity contribution >= 4 is 18.2 Å². The van der Waals surface area contributed by atoms with Gasteiger partial charge in [0.1, 0.15) is 17.4 Å². The summed E-state index contributed by atoms with van der Waals surface area (Å²) in [5.41, 5.74) is 0. The number of urea groups is 1. The summed E-state index contributed by atoms with van der Waals surface area (Å²) in [6.45, 7) is 6.28. The average Bonchev–Trinajstić information content (AvgIpc) is 3.27. The highest BCUT2D eigenvalue weighted by atomic mass is 16.3. The van der Waals surface area contributed by atoms with Crippen LogP contribution in [0.5, 0.6) is 0 Å². The molecule has 8 heteroatoms. The first kappa shape index (κ1) is 15.7. The molecule has 1 aromatic heterocycles. The number of furan rings is 1. The second-order valence-electron chi connectivity index (χ2n) is 6.45. The van der Waals surface area contributed by atoms with Crippen LogP contribution in [-0.2, 0) is 6.54 Å². The van der Waals surface area contributed by atoms with Gasteiger partial charge in [-0.05, 0) is 19.1 Å². The van der Waals surface area contributed by atoms with E-state index in [9.17, 15) is 4.79 Å². The maximum absolute atomic E-state index is 12.2. The van der Waals surface area contributed by atoms with Crippen LogP contribution in [0.2, 0.25) is 0 Å². The number of amides is 2. The van der Waals surface area contributed by atoms with Gasteiger partial charge in [-0.1, -0.05) is 0 Å². The van der Waals surface area contributed by atoms with Gasteiger partial charge in [0.25, 0.3) is 0 Å². The van der Waals surface area contributed by atoms with E-state index in [-0.39, 0.29) is 6.03 Å². The van der Waals surface area contributed by atoms with Gasteiger partial charge in [-0.2, -0.15) is 0 Å². The second-order valence-corrected chi connectivity index (χ2v) is 6.45. The molecule has 4 rings (SSSR count). The summed E-state index contributed by atoms with van der Waals surface area (Å²) in [4.78, 5) is 27.5. The lowest BCUT2D eigenvalue weighted by Gasteiger charge is -2.36. The molecule has 132 valence electrons. The quantitative estimate of drug-likeness (QED) is 0.892.